The molecule has 1 fully saturated rings. The highest BCUT2D eigenvalue weighted by molar-refractivity contribution is 5.80. The summed E-state index contributed by atoms with van der Waals surface area (Å²) in [5, 5.41) is 0. The monoisotopic (exact) mass is 326 g/mol. The van der Waals surface area contributed by atoms with E-state index in [4.69, 9.17) is 5.73 Å². The van der Waals surface area contributed by atoms with Crippen LogP contribution in [0.2, 0.25) is 0 Å². The van der Waals surface area contributed by atoms with Gasteiger partial charge in [0, 0.05) is 24.9 Å². The summed E-state index contributed by atoms with van der Waals surface area (Å²) in [5.41, 5.74) is 7.59. The third-order valence-corrected chi connectivity index (χ3v) is 4.56. The predicted molar refractivity (Wildman–Crippen MR) is 90.6 cm³/mol. The van der Waals surface area contributed by atoms with Gasteiger partial charge in [-0.25, -0.2) is 4.39 Å². The second-order valence-electron chi connectivity index (χ2n) is 6.10. The first kappa shape index (κ1) is 16.6. The number of carbonyl (C=O) groups is 1. The molecule has 2 heterocycles. The van der Waals surface area contributed by atoms with Gasteiger partial charge in [0.15, 0.2) is 0 Å². The van der Waals surface area contributed by atoms with E-state index in [-0.39, 0.29) is 23.7 Å². The second-order valence-corrected chi connectivity index (χ2v) is 6.10. The van der Waals surface area contributed by atoms with E-state index < -0.39 is 0 Å². The summed E-state index contributed by atoms with van der Waals surface area (Å²) in [5.74, 6) is -0.494. The minimum absolute atomic E-state index is 0.0164. The number of primary amides is 1. The summed E-state index contributed by atoms with van der Waals surface area (Å²) in [4.78, 5) is 17.7. The first-order valence-corrected chi connectivity index (χ1v) is 8.17. The van der Waals surface area contributed by atoms with E-state index >= 15 is 0 Å². The van der Waals surface area contributed by atoms with Gasteiger partial charge in [-0.1, -0.05) is 12.1 Å². The Morgan fingerprint density at radius 1 is 1.25 bits per heavy atom. The highest BCUT2D eigenvalue weighted by Gasteiger charge is 2.29. The lowest BCUT2D eigenvalue weighted by Gasteiger charge is -2.25. The minimum Gasteiger partial charge on any atom is -0.368 e. The van der Waals surface area contributed by atoms with Gasteiger partial charge in [0.25, 0.3) is 0 Å². The average molecular weight is 326 g/mol. The van der Waals surface area contributed by atoms with Crippen molar-refractivity contribution in [3.05, 3.63) is 72.2 Å². The number of hydrogen-bond acceptors (Lipinski definition) is 3. The number of aromatic nitrogens is 1. The Kier molecular flexibility index (Phi) is 5.20. The van der Waals surface area contributed by atoms with Crippen LogP contribution in [0.4, 0.5) is 4.39 Å². The number of carbonyl (C=O) groups excluding carboxylic acids is 1. The molecule has 0 spiro atoms. The van der Waals surface area contributed by atoms with Gasteiger partial charge in [-0.15, -0.1) is 0 Å². The smallest absolute Gasteiger partial charge is 0.234 e. The molecule has 4 nitrogen and oxygen atoms in total. The van der Waals surface area contributed by atoms with Crippen LogP contribution >= 0.6 is 0 Å². The van der Waals surface area contributed by atoms with Gasteiger partial charge in [-0.2, -0.15) is 0 Å². The molecule has 1 radical (unpaired) electrons. The summed E-state index contributed by atoms with van der Waals surface area (Å²) in [7, 11) is 0. The van der Waals surface area contributed by atoms with Crippen LogP contribution in [0.5, 0.6) is 0 Å². The molecular formula is C19H21FN3O. The van der Waals surface area contributed by atoms with Crippen LogP contribution in [-0.2, 0) is 4.79 Å². The topological polar surface area (TPSA) is 59.2 Å². The third-order valence-electron chi connectivity index (χ3n) is 4.56. The van der Waals surface area contributed by atoms with Crippen molar-refractivity contribution < 1.29 is 9.18 Å². The lowest BCUT2D eigenvalue weighted by atomic mass is 9.89. The molecule has 0 saturated carbocycles. The molecule has 3 rings (SSSR count). The van der Waals surface area contributed by atoms with E-state index in [0.29, 0.717) is 6.54 Å². The van der Waals surface area contributed by atoms with E-state index in [9.17, 15) is 9.18 Å². The Morgan fingerprint density at radius 3 is 2.58 bits per heavy atom. The Hall–Kier alpha value is -2.27. The lowest BCUT2D eigenvalue weighted by Crippen LogP contribution is -2.41. The van der Waals surface area contributed by atoms with Crippen LogP contribution in [0.3, 0.4) is 0 Å². The second kappa shape index (κ2) is 7.53. The molecule has 125 valence electrons. The molecule has 24 heavy (non-hydrogen) atoms. The highest BCUT2D eigenvalue weighted by Crippen LogP contribution is 2.29. The van der Waals surface area contributed by atoms with Crippen LogP contribution in [0.1, 0.15) is 29.9 Å². The summed E-state index contributed by atoms with van der Waals surface area (Å²) < 4.78 is 13.2. The van der Waals surface area contributed by atoms with E-state index in [0.717, 1.165) is 30.5 Å². The lowest BCUT2D eigenvalue weighted by molar-refractivity contribution is -0.122. The summed E-state index contributed by atoms with van der Waals surface area (Å²) in [6.45, 7) is 1.54. The predicted octanol–water partition coefficient (Wildman–Crippen LogP) is 2.51. The van der Waals surface area contributed by atoms with Crippen molar-refractivity contribution in [1.82, 2.24) is 9.88 Å². The number of amides is 1. The maximum atomic E-state index is 13.2. The van der Waals surface area contributed by atoms with E-state index in [1.54, 1.807) is 24.5 Å². The fourth-order valence-corrected chi connectivity index (χ4v) is 3.31. The molecule has 2 aromatic rings. The molecule has 1 amide bonds. The maximum Gasteiger partial charge on any atom is 0.234 e. The zero-order valence-electron chi connectivity index (χ0n) is 13.4. The van der Waals surface area contributed by atoms with Gasteiger partial charge in [-0.3, -0.25) is 14.7 Å². The minimum atomic E-state index is -0.261. The molecule has 0 bridgehead atoms. The van der Waals surface area contributed by atoms with Crippen LogP contribution < -0.4 is 5.73 Å². The van der Waals surface area contributed by atoms with Crippen molar-refractivity contribution in [2.75, 3.05) is 13.1 Å². The maximum absolute atomic E-state index is 13.2. The van der Waals surface area contributed by atoms with Crippen LogP contribution in [0, 0.1) is 12.2 Å². The van der Waals surface area contributed by atoms with Crippen molar-refractivity contribution >= 4 is 5.91 Å². The number of likely N-dealkylation sites (tertiary alicyclic amines) is 1. The summed E-state index contributed by atoms with van der Waals surface area (Å²) >= 11 is 0. The van der Waals surface area contributed by atoms with E-state index in [2.05, 4.69) is 16.3 Å². The molecule has 0 aliphatic carbocycles. The van der Waals surface area contributed by atoms with Gasteiger partial charge in [0.2, 0.25) is 5.91 Å². The van der Waals surface area contributed by atoms with Crippen molar-refractivity contribution in [2.45, 2.75) is 24.8 Å². The van der Waals surface area contributed by atoms with Crippen molar-refractivity contribution in [3.8, 4) is 0 Å². The van der Waals surface area contributed by atoms with Gasteiger partial charge >= 0.3 is 0 Å². The van der Waals surface area contributed by atoms with Gasteiger partial charge in [0.1, 0.15) is 5.82 Å². The van der Waals surface area contributed by atoms with Gasteiger partial charge < -0.3 is 5.73 Å². The third kappa shape index (κ3) is 3.79. The quantitative estimate of drug-likeness (QED) is 0.887. The molecule has 1 aromatic heterocycles. The molecule has 1 aromatic carbocycles. The fourth-order valence-electron chi connectivity index (χ4n) is 3.31. The van der Waals surface area contributed by atoms with Crippen molar-refractivity contribution in [2.24, 2.45) is 5.73 Å². The number of pyridine rings is 1. The molecule has 2 N–H and O–H groups in total. The Bertz CT molecular complexity index is 675. The molecular weight excluding hydrogens is 305 g/mol. The zero-order chi connectivity index (χ0) is 16.9. The number of halogens is 1. The van der Waals surface area contributed by atoms with Crippen molar-refractivity contribution in [1.29, 1.82) is 0 Å². The molecule has 1 aliphatic heterocycles. The Balaban J connectivity index is 1.78. The molecule has 1 saturated heterocycles. The Labute approximate surface area is 141 Å². The first-order valence-electron chi connectivity index (χ1n) is 8.17. The van der Waals surface area contributed by atoms with Gasteiger partial charge in [-0.05, 0) is 61.2 Å². The SMILES string of the molecule is NC(=O)C1CCCN1C[CH]C(c1ccncc1)c1ccc(F)cc1. The van der Waals surface area contributed by atoms with Crippen LogP contribution in [-0.4, -0.2) is 34.9 Å². The van der Waals surface area contributed by atoms with Crippen LogP contribution in [0.25, 0.3) is 0 Å². The zero-order valence-corrected chi connectivity index (χ0v) is 13.4. The Morgan fingerprint density at radius 2 is 1.92 bits per heavy atom. The van der Waals surface area contributed by atoms with E-state index in [1.165, 1.54) is 12.1 Å². The molecule has 2 atom stereocenters. The number of benzene rings is 1. The normalized spacial score (nSPS) is 19.3. The van der Waals surface area contributed by atoms with Crippen molar-refractivity contribution in [3.63, 3.8) is 0 Å². The summed E-state index contributed by atoms with van der Waals surface area (Å²) in [6.07, 6.45) is 7.46. The number of nitrogens with two attached hydrogens (primary N) is 1. The van der Waals surface area contributed by atoms with Crippen LogP contribution in [0.15, 0.2) is 48.8 Å². The molecule has 2 unspecified atom stereocenters. The highest BCUT2D eigenvalue weighted by atomic mass is 19.1. The first-order chi connectivity index (χ1) is 11.6. The molecule has 1 aliphatic rings. The largest absolute Gasteiger partial charge is 0.368 e. The number of rotatable bonds is 6. The molecule has 5 heteroatoms. The number of hydrogen-bond donors (Lipinski definition) is 1. The standard InChI is InChI=1S/C19H21FN3O/c20-16-5-3-14(4-6-16)17(15-7-10-22-11-8-15)9-13-23-12-1-2-18(23)19(21)24/h3-11,17-18H,1-2,12-13H2,(H2,21,24). The average Bonchev–Trinajstić information content (AvgIpc) is 3.06. The fraction of sp³-hybridized carbons (Fsp3) is 0.316. The summed E-state index contributed by atoms with van der Waals surface area (Å²) in [6, 6.07) is 10.3. The number of nitrogens with zero attached hydrogens (tertiary/aromatic N) is 2. The van der Waals surface area contributed by atoms with Gasteiger partial charge in [0.05, 0.1) is 6.04 Å². The van der Waals surface area contributed by atoms with E-state index in [1.807, 2.05) is 12.1 Å².